The third-order valence-corrected chi connectivity index (χ3v) is 3.95. The molecule has 0 radical (unpaired) electrons. The van der Waals surface area contributed by atoms with E-state index in [0.29, 0.717) is 16.5 Å². The summed E-state index contributed by atoms with van der Waals surface area (Å²) < 4.78 is 15.5. The van der Waals surface area contributed by atoms with E-state index < -0.39 is 5.97 Å². The first kappa shape index (κ1) is 18.8. The summed E-state index contributed by atoms with van der Waals surface area (Å²) in [5.74, 6) is 0.225. The molecule has 0 saturated carbocycles. The SMILES string of the molecule is CC(=O)OCC(=O)NCc1cc2cc(Cl)c(OCc3cc(C)no3)cc2[nH]1. The monoisotopic (exact) mass is 391 g/mol. The van der Waals surface area contributed by atoms with Crippen molar-refractivity contribution in [1.82, 2.24) is 15.5 Å². The third-order valence-electron chi connectivity index (χ3n) is 3.66. The summed E-state index contributed by atoms with van der Waals surface area (Å²) in [7, 11) is 0. The van der Waals surface area contributed by atoms with Crippen molar-refractivity contribution < 1.29 is 23.6 Å². The van der Waals surface area contributed by atoms with Crippen molar-refractivity contribution in [3.63, 3.8) is 0 Å². The molecule has 27 heavy (non-hydrogen) atoms. The second-order valence-electron chi connectivity index (χ2n) is 5.94. The number of amides is 1. The lowest BCUT2D eigenvalue weighted by Gasteiger charge is -2.06. The number of rotatable bonds is 7. The molecule has 142 valence electrons. The highest BCUT2D eigenvalue weighted by Crippen LogP contribution is 2.31. The zero-order valence-electron chi connectivity index (χ0n) is 14.8. The summed E-state index contributed by atoms with van der Waals surface area (Å²) in [6.07, 6.45) is 0. The van der Waals surface area contributed by atoms with Crippen molar-refractivity contribution in [1.29, 1.82) is 0 Å². The molecule has 2 N–H and O–H groups in total. The van der Waals surface area contributed by atoms with Crippen LogP contribution < -0.4 is 10.1 Å². The number of hydrogen-bond acceptors (Lipinski definition) is 6. The van der Waals surface area contributed by atoms with E-state index in [9.17, 15) is 9.59 Å². The van der Waals surface area contributed by atoms with Gasteiger partial charge in [0, 0.05) is 35.7 Å². The molecule has 0 unspecified atom stereocenters. The third kappa shape index (κ3) is 5.01. The summed E-state index contributed by atoms with van der Waals surface area (Å²) in [5.41, 5.74) is 2.37. The van der Waals surface area contributed by atoms with Crippen molar-refractivity contribution in [2.75, 3.05) is 6.61 Å². The second-order valence-corrected chi connectivity index (χ2v) is 6.35. The molecule has 0 aliphatic heterocycles. The van der Waals surface area contributed by atoms with Crippen LogP contribution in [0.4, 0.5) is 0 Å². The predicted molar refractivity (Wildman–Crippen MR) is 97.4 cm³/mol. The summed E-state index contributed by atoms with van der Waals surface area (Å²) in [6.45, 7) is 3.25. The van der Waals surface area contributed by atoms with E-state index in [0.717, 1.165) is 22.3 Å². The standard InChI is InChI=1S/C18H18ClN3O5/c1-10-3-14(27-22-10)8-26-17-6-16-12(5-15(17)19)4-13(21-16)7-20-18(24)9-25-11(2)23/h3-6,21H,7-9H2,1-2H3,(H,20,24). The van der Waals surface area contributed by atoms with E-state index in [2.05, 4.69) is 20.2 Å². The fraction of sp³-hybridized carbons (Fsp3) is 0.278. The summed E-state index contributed by atoms with van der Waals surface area (Å²) in [4.78, 5) is 25.5. The maximum Gasteiger partial charge on any atom is 0.303 e. The van der Waals surface area contributed by atoms with Crippen LogP contribution in [0.15, 0.2) is 28.8 Å². The van der Waals surface area contributed by atoms with Crippen LogP contribution in [0.5, 0.6) is 5.75 Å². The number of halogens is 1. The molecule has 8 nitrogen and oxygen atoms in total. The Morgan fingerprint density at radius 3 is 2.81 bits per heavy atom. The normalized spacial score (nSPS) is 10.8. The van der Waals surface area contributed by atoms with Gasteiger partial charge in [0.05, 0.1) is 17.3 Å². The summed E-state index contributed by atoms with van der Waals surface area (Å²) in [6, 6.07) is 7.22. The Morgan fingerprint density at radius 2 is 2.11 bits per heavy atom. The van der Waals surface area contributed by atoms with Gasteiger partial charge in [0.15, 0.2) is 12.4 Å². The van der Waals surface area contributed by atoms with Crippen LogP contribution in [0.25, 0.3) is 10.9 Å². The molecule has 2 aromatic heterocycles. The Bertz CT molecular complexity index is 979. The largest absolute Gasteiger partial charge is 0.484 e. The quantitative estimate of drug-likeness (QED) is 0.600. The zero-order chi connectivity index (χ0) is 19.4. The number of fused-ring (bicyclic) bond motifs is 1. The van der Waals surface area contributed by atoms with Crippen molar-refractivity contribution in [3.05, 3.63) is 46.4 Å². The number of hydrogen-bond donors (Lipinski definition) is 2. The number of H-pyrrole nitrogens is 1. The smallest absolute Gasteiger partial charge is 0.303 e. The minimum Gasteiger partial charge on any atom is -0.484 e. The van der Waals surface area contributed by atoms with E-state index in [1.54, 1.807) is 18.2 Å². The first-order valence-electron chi connectivity index (χ1n) is 8.17. The van der Waals surface area contributed by atoms with Gasteiger partial charge < -0.3 is 24.3 Å². The Hall–Kier alpha value is -3.00. The molecule has 3 rings (SSSR count). The van der Waals surface area contributed by atoms with Gasteiger partial charge in [-0.25, -0.2) is 0 Å². The molecule has 3 aromatic rings. The van der Waals surface area contributed by atoms with Crippen LogP contribution >= 0.6 is 11.6 Å². The first-order valence-corrected chi connectivity index (χ1v) is 8.54. The molecule has 0 aliphatic rings. The minimum atomic E-state index is -0.501. The van der Waals surface area contributed by atoms with Gasteiger partial charge in [-0.1, -0.05) is 16.8 Å². The molecule has 0 saturated heterocycles. The first-order chi connectivity index (χ1) is 12.9. The van der Waals surface area contributed by atoms with E-state index in [4.69, 9.17) is 20.9 Å². The van der Waals surface area contributed by atoms with E-state index in [-0.39, 0.29) is 25.7 Å². The van der Waals surface area contributed by atoms with E-state index in [1.807, 2.05) is 13.0 Å². The molecule has 2 heterocycles. The van der Waals surface area contributed by atoms with Gasteiger partial charge in [0.1, 0.15) is 12.4 Å². The maximum atomic E-state index is 11.6. The number of ether oxygens (including phenoxy) is 2. The number of aromatic nitrogens is 2. The number of nitrogens with zero attached hydrogens (tertiary/aromatic N) is 1. The minimum absolute atomic E-state index is 0.214. The number of benzene rings is 1. The van der Waals surface area contributed by atoms with Crippen LogP contribution in [0.1, 0.15) is 24.1 Å². The van der Waals surface area contributed by atoms with Gasteiger partial charge in [0.2, 0.25) is 0 Å². The van der Waals surface area contributed by atoms with E-state index >= 15 is 0 Å². The summed E-state index contributed by atoms with van der Waals surface area (Å²) in [5, 5.41) is 7.81. The molecular formula is C18H18ClN3O5. The average molecular weight is 392 g/mol. The van der Waals surface area contributed by atoms with Crippen molar-refractivity contribution in [3.8, 4) is 5.75 Å². The fourth-order valence-corrected chi connectivity index (χ4v) is 2.67. The van der Waals surface area contributed by atoms with Gasteiger partial charge in [0.25, 0.3) is 5.91 Å². The predicted octanol–water partition coefficient (Wildman–Crippen LogP) is 2.88. The number of aromatic amines is 1. The highest BCUT2D eigenvalue weighted by atomic mass is 35.5. The fourth-order valence-electron chi connectivity index (χ4n) is 2.44. The van der Waals surface area contributed by atoms with Crippen molar-refractivity contribution in [2.45, 2.75) is 27.0 Å². The molecule has 1 amide bonds. The highest BCUT2D eigenvalue weighted by Gasteiger charge is 2.10. The van der Waals surface area contributed by atoms with Crippen LogP contribution in [-0.4, -0.2) is 28.6 Å². The van der Waals surface area contributed by atoms with Crippen molar-refractivity contribution >= 4 is 34.4 Å². The number of carbonyl (C=O) groups is 2. The van der Waals surface area contributed by atoms with Crippen LogP contribution in [0, 0.1) is 6.92 Å². The topological polar surface area (TPSA) is 106 Å². The zero-order valence-corrected chi connectivity index (χ0v) is 15.6. The highest BCUT2D eigenvalue weighted by molar-refractivity contribution is 6.32. The molecule has 1 aromatic carbocycles. The van der Waals surface area contributed by atoms with E-state index in [1.165, 1.54) is 6.92 Å². The summed E-state index contributed by atoms with van der Waals surface area (Å²) >= 11 is 6.28. The van der Waals surface area contributed by atoms with Gasteiger partial charge in [-0.05, 0) is 19.1 Å². The Morgan fingerprint density at radius 1 is 1.30 bits per heavy atom. The average Bonchev–Trinajstić information content (AvgIpc) is 3.21. The van der Waals surface area contributed by atoms with Gasteiger partial charge in [-0.3, -0.25) is 9.59 Å². The maximum absolute atomic E-state index is 11.6. The molecule has 0 atom stereocenters. The lowest BCUT2D eigenvalue weighted by Crippen LogP contribution is -2.28. The van der Waals surface area contributed by atoms with Gasteiger partial charge >= 0.3 is 5.97 Å². The lowest BCUT2D eigenvalue weighted by atomic mass is 10.2. The lowest BCUT2D eigenvalue weighted by molar-refractivity contribution is -0.146. The number of esters is 1. The molecular weight excluding hydrogens is 374 g/mol. The van der Waals surface area contributed by atoms with Crippen molar-refractivity contribution in [2.24, 2.45) is 0 Å². The van der Waals surface area contributed by atoms with Crippen LogP contribution in [-0.2, 0) is 27.5 Å². The van der Waals surface area contributed by atoms with Gasteiger partial charge in [-0.15, -0.1) is 0 Å². The molecule has 0 bridgehead atoms. The van der Waals surface area contributed by atoms with Gasteiger partial charge in [-0.2, -0.15) is 0 Å². The van der Waals surface area contributed by atoms with Crippen LogP contribution in [0.3, 0.4) is 0 Å². The number of aryl methyl sites for hydroxylation is 1. The Kier molecular flexibility index (Phi) is 5.66. The Balaban J connectivity index is 1.64. The molecule has 0 aliphatic carbocycles. The van der Waals surface area contributed by atoms with Crippen LogP contribution in [0.2, 0.25) is 5.02 Å². The number of carbonyl (C=O) groups excluding carboxylic acids is 2. The molecule has 9 heteroatoms. The number of nitrogens with one attached hydrogen (secondary N) is 2. The Labute approximate surface area is 159 Å². The second kappa shape index (κ2) is 8.13. The molecule has 0 fully saturated rings. The molecule has 0 spiro atoms.